The maximum atomic E-state index is 13.7. The molecule has 2 saturated heterocycles. The van der Waals surface area contributed by atoms with Crippen molar-refractivity contribution in [2.75, 3.05) is 26.8 Å². The second-order valence-electron chi connectivity index (χ2n) is 11.0. The largest absolute Gasteiger partial charge is 0.496 e. The number of H-pyrrole nitrogens is 1. The molecule has 4 N–H and O–H groups in total. The summed E-state index contributed by atoms with van der Waals surface area (Å²) in [6.07, 6.45) is 1.53. The molecule has 10 heteroatoms. The lowest BCUT2D eigenvalue weighted by Crippen LogP contribution is -2.54. The second-order valence-corrected chi connectivity index (χ2v) is 11.0. The first kappa shape index (κ1) is 25.3. The summed E-state index contributed by atoms with van der Waals surface area (Å²) in [6.45, 7) is 4.46. The van der Waals surface area contributed by atoms with Gasteiger partial charge in [0, 0.05) is 29.9 Å². The highest BCUT2D eigenvalue weighted by atomic mass is 16.5. The third-order valence-corrected chi connectivity index (χ3v) is 8.59. The number of methoxy groups -OCH3 is 1. The fourth-order valence-electron chi connectivity index (χ4n) is 6.35. The van der Waals surface area contributed by atoms with Crippen LogP contribution in [0.2, 0.25) is 0 Å². The number of rotatable bonds is 8. The highest BCUT2D eigenvalue weighted by Gasteiger charge is 2.69. The summed E-state index contributed by atoms with van der Waals surface area (Å²) >= 11 is 0. The van der Waals surface area contributed by atoms with E-state index in [1.165, 1.54) is 0 Å². The Kier molecular flexibility index (Phi) is 6.47. The smallest absolute Gasteiger partial charge is 0.271 e. The first-order chi connectivity index (χ1) is 17.7. The van der Waals surface area contributed by atoms with Crippen molar-refractivity contribution < 1.29 is 29.0 Å². The van der Waals surface area contributed by atoms with Crippen molar-refractivity contribution in [2.45, 2.75) is 45.2 Å². The number of ether oxygens (including phenoxy) is 1. The zero-order valence-electron chi connectivity index (χ0n) is 21.4. The van der Waals surface area contributed by atoms with Crippen LogP contribution in [0.1, 0.15) is 43.6 Å². The van der Waals surface area contributed by atoms with Crippen LogP contribution in [-0.2, 0) is 14.4 Å². The highest BCUT2D eigenvalue weighted by molar-refractivity contribution is 6.02. The van der Waals surface area contributed by atoms with Crippen LogP contribution in [0.3, 0.4) is 0 Å². The molecule has 0 unspecified atom stereocenters. The molecule has 1 aromatic heterocycles. The van der Waals surface area contributed by atoms with Gasteiger partial charge in [-0.15, -0.1) is 0 Å². The molecule has 2 aromatic rings. The number of carbonyl (C=O) groups is 4. The Morgan fingerprint density at radius 3 is 2.78 bits per heavy atom. The van der Waals surface area contributed by atoms with Crippen molar-refractivity contribution in [1.29, 1.82) is 0 Å². The second kappa shape index (κ2) is 9.48. The standard InChI is InChI=1S/C27H34N4O6/c1-27(2)16-12-31(26(36)19-11-15-17(29-19)7-4-8-21(15)37-3)23(22(16)27)25(35)30-18(20(33)13-32)10-14-6-5-9-28-24(14)34/h4,7-8,11,14,16,18,22-23,29,32H,5-6,9-10,12-13H2,1-3H3,(H,28,34)(H,30,35)/t14-,16-,18-,22-,23-/m0/s1. The first-order valence-electron chi connectivity index (χ1n) is 12.9. The summed E-state index contributed by atoms with van der Waals surface area (Å²) in [7, 11) is 1.57. The number of ketones is 1. The highest BCUT2D eigenvalue weighted by Crippen LogP contribution is 2.65. The van der Waals surface area contributed by atoms with Crippen LogP contribution in [0.4, 0.5) is 0 Å². The number of aliphatic hydroxyl groups excluding tert-OH is 1. The Morgan fingerprint density at radius 2 is 2.08 bits per heavy atom. The van der Waals surface area contributed by atoms with E-state index in [0.717, 1.165) is 17.3 Å². The fraction of sp³-hybridized carbons (Fsp3) is 0.556. The van der Waals surface area contributed by atoms with E-state index < -0.39 is 36.3 Å². The number of aromatic nitrogens is 1. The number of carbonyl (C=O) groups excluding carboxylic acids is 4. The van der Waals surface area contributed by atoms with Crippen LogP contribution in [0.15, 0.2) is 24.3 Å². The molecule has 3 heterocycles. The van der Waals surface area contributed by atoms with E-state index >= 15 is 0 Å². The van der Waals surface area contributed by atoms with E-state index in [9.17, 15) is 24.3 Å². The van der Waals surface area contributed by atoms with E-state index in [0.29, 0.717) is 31.0 Å². The molecule has 3 aliphatic rings. The average molecular weight is 511 g/mol. The van der Waals surface area contributed by atoms with Gasteiger partial charge in [0.15, 0.2) is 5.78 Å². The minimum Gasteiger partial charge on any atom is -0.496 e. The molecule has 0 radical (unpaired) electrons. The number of Topliss-reactive ketones (excluding diaryl/α,β-unsaturated/α-hetero) is 1. The summed E-state index contributed by atoms with van der Waals surface area (Å²) in [5, 5.41) is 15.9. The summed E-state index contributed by atoms with van der Waals surface area (Å²) in [4.78, 5) is 56.9. The number of amides is 3. The molecule has 3 fully saturated rings. The van der Waals surface area contributed by atoms with Gasteiger partial charge in [-0.25, -0.2) is 0 Å². The minimum absolute atomic E-state index is 0.0433. The molecule has 10 nitrogen and oxygen atoms in total. The van der Waals surface area contributed by atoms with Crippen LogP contribution in [0.5, 0.6) is 5.75 Å². The Morgan fingerprint density at radius 1 is 1.30 bits per heavy atom. The van der Waals surface area contributed by atoms with Gasteiger partial charge in [0.05, 0.1) is 13.2 Å². The molecule has 198 valence electrons. The summed E-state index contributed by atoms with van der Waals surface area (Å²) < 4.78 is 5.41. The van der Waals surface area contributed by atoms with Gasteiger partial charge >= 0.3 is 0 Å². The molecular formula is C27H34N4O6. The van der Waals surface area contributed by atoms with Crippen molar-refractivity contribution in [3.63, 3.8) is 0 Å². The number of nitrogens with zero attached hydrogens (tertiary/aromatic N) is 1. The Balaban J connectivity index is 1.39. The summed E-state index contributed by atoms with van der Waals surface area (Å²) in [5.74, 6) is -1.06. The summed E-state index contributed by atoms with van der Waals surface area (Å²) in [5.41, 5.74) is 1.01. The molecule has 5 rings (SSSR count). The van der Waals surface area contributed by atoms with Gasteiger partial charge in [0.1, 0.15) is 24.1 Å². The maximum Gasteiger partial charge on any atom is 0.271 e. The van der Waals surface area contributed by atoms with Gasteiger partial charge in [-0.05, 0) is 54.7 Å². The number of nitrogens with one attached hydrogen (secondary N) is 3. The van der Waals surface area contributed by atoms with Crippen LogP contribution in [0.25, 0.3) is 10.9 Å². The van der Waals surface area contributed by atoms with Crippen LogP contribution < -0.4 is 15.4 Å². The van der Waals surface area contributed by atoms with Gasteiger partial charge in [-0.1, -0.05) is 19.9 Å². The van der Waals surface area contributed by atoms with Gasteiger partial charge < -0.3 is 30.4 Å². The van der Waals surface area contributed by atoms with Crippen molar-refractivity contribution in [3.8, 4) is 5.75 Å². The van der Waals surface area contributed by atoms with E-state index in [4.69, 9.17) is 4.74 Å². The number of fused-ring (bicyclic) bond motifs is 2. The molecule has 37 heavy (non-hydrogen) atoms. The van der Waals surface area contributed by atoms with Crippen LogP contribution in [0, 0.1) is 23.2 Å². The maximum absolute atomic E-state index is 13.7. The number of benzene rings is 1. The SMILES string of the molecule is COc1cccc2[nH]c(C(=O)N3C[C@H]4[C@@H]([C@H]3C(=O)N[C@@H](C[C@@H]3CCCNC3=O)C(=O)CO)C4(C)C)cc12. The van der Waals surface area contributed by atoms with Crippen molar-refractivity contribution in [1.82, 2.24) is 20.5 Å². The van der Waals surface area contributed by atoms with Gasteiger partial charge in [0.25, 0.3) is 5.91 Å². The molecule has 3 amide bonds. The number of aliphatic hydroxyl groups is 1. The van der Waals surface area contributed by atoms with Crippen LogP contribution >= 0.6 is 0 Å². The zero-order chi connectivity index (χ0) is 26.5. The monoisotopic (exact) mass is 510 g/mol. The molecular weight excluding hydrogens is 476 g/mol. The molecule has 2 aliphatic heterocycles. The number of aromatic amines is 1. The predicted octanol–water partition coefficient (Wildman–Crippen LogP) is 1.24. The minimum atomic E-state index is -0.999. The number of hydrogen-bond donors (Lipinski definition) is 4. The third kappa shape index (κ3) is 4.37. The molecule has 1 aromatic carbocycles. The lowest BCUT2D eigenvalue weighted by molar-refractivity contribution is -0.134. The fourth-order valence-corrected chi connectivity index (χ4v) is 6.35. The predicted molar refractivity (Wildman–Crippen MR) is 135 cm³/mol. The topological polar surface area (TPSA) is 141 Å². The molecule has 0 bridgehead atoms. The van der Waals surface area contributed by atoms with E-state index in [-0.39, 0.29) is 35.5 Å². The quantitative estimate of drug-likeness (QED) is 0.421. The molecule has 5 atom stereocenters. The Labute approximate surface area is 215 Å². The molecule has 1 aliphatic carbocycles. The summed E-state index contributed by atoms with van der Waals surface area (Å²) in [6, 6.07) is 5.49. The van der Waals surface area contributed by atoms with Crippen molar-refractivity contribution >= 4 is 34.4 Å². The van der Waals surface area contributed by atoms with Gasteiger partial charge in [-0.2, -0.15) is 0 Å². The molecule has 0 spiro atoms. The van der Waals surface area contributed by atoms with Gasteiger partial charge in [0.2, 0.25) is 11.8 Å². The molecule has 1 saturated carbocycles. The lowest BCUT2D eigenvalue weighted by Gasteiger charge is -2.32. The van der Waals surface area contributed by atoms with Gasteiger partial charge in [-0.3, -0.25) is 19.2 Å². The average Bonchev–Trinajstić information content (AvgIpc) is 3.27. The normalized spacial score (nSPS) is 26.8. The Bertz CT molecular complexity index is 1250. The van der Waals surface area contributed by atoms with Crippen molar-refractivity contribution in [3.05, 3.63) is 30.0 Å². The van der Waals surface area contributed by atoms with E-state index in [1.807, 2.05) is 18.2 Å². The number of piperidine rings is 2. The van der Waals surface area contributed by atoms with E-state index in [2.05, 4.69) is 29.5 Å². The van der Waals surface area contributed by atoms with Crippen LogP contribution in [-0.4, -0.2) is 77.4 Å². The third-order valence-electron chi connectivity index (χ3n) is 8.59. The van der Waals surface area contributed by atoms with E-state index in [1.54, 1.807) is 18.1 Å². The lowest BCUT2D eigenvalue weighted by atomic mass is 9.90. The number of likely N-dealkylation sites (tertiary alicyclic amines) is 1. The number of hydrogen-bond acceptors (Lipinski definition) is 6. The van der Waals surface area contributed by atoms with Crippen molar-refractivity contribution in [2.24, 2.45) is 23.2 Å². The first-order valence-corrected chi connectivity index (χ1v) is 12.9. The zero-order valence-corrected chi connectivity index (χ0v) is 21.4. The Hall–Kier alpha value is -3.40.